The van der Waals surface area contributed by atoms with Crippen LogP contribution < -0.4 is 5.43 Å². The van der Waals surface area contributed by atoms with Crippen molar-refractivity contribution in [1.82, 2.24) is 15.0 Å². The van der Waals surface area contributed by atoms with Crippen molar-refractivity contribution >= 4 is 22.7 Å². The number of fused-ring (bicyclic) bond motifs is 1. The number of carboxylic acids is 1. The number of hydrogen-bond acceptors (Lipinski definition) is 5. The molecular weight excluding hydrogens is 220 g/mol. The number of benzene rings is 1. The highest BCUT2D eigenvalue weighted by Gasteiger charge is 2.08. The predicted octanol–water partition coefficient (Wildman–Crippen LogP) is 1.22. The molecule has 0 radical (unpaired) electrons. The number of aromatic carboxylic acids is 1. The van der Waals surface area contributed by atoms with Crippen molar-refractivity contribution in [1.29, 1.82) is 0 Å². The lowest BCUT2D eigenvalue weighted by atomic mass is 10.1. The molecule has 0 aliphatic heterocycles. The van der Waals surface area contributed by atoms with E-state index in [1.54, 1.807) is 11.1 Å². The second kappa shape index (κ2) is 4.34. The van der Waals surface area contributed by atoms with Crippen LogP contribution in [0.3, 0.4) is 0 Å². The van der Waals surface area contributed by atoms with E-state index < -0.39 is 5.97 Å². The van der Waals surface area contributed by atoms with Crippen molar-refractivity contribution in [2.45, 2.75) is 0 Å². The molecule has 6 heteroatoms. The quantitative estimate of drug-likeness (QED) is 0.774. The standard InChI is InChI=1S/C11H12N4O2/c1-15(2)14-10-8-4-3-7(11(16)17)5-9(8)12-6-13-10/h3-6H,1-2H3,(H,16,17)(H,12,13,14). The van der Waals surface area contributed by atoms with E-state index in [4.69, 9.17) is 5.11 Å². The highest BCUT2D eigenvalue weighted by atomic mass is 16.4. The summed E-state index contributed by atoms with van der Waals surface area (Å²) in [5, 5.41) is 11.4. The van der Waals surface area contributed by atoms with Gasteiger partial charge in [0.05, 0.1) is 11.1 Å². The molecule has 0 fully saturated rings. The fourth-order valence-electron chi connectivity index (χ4n) is 1.49. The molecule has 0 amide bonds. The van der Waals surface area contributed by atoms with Crippen molar-refractivity contribution < 1.29 is 9.90 Å². The number of carboxylic acid groups (broad SMARTS) is 1. The van der Waals surface area contributed by atoms with Crippen LogP contribution >= 0.6 is 0 Å². The van der Waals surface area contributed by atoms with Crippen molar-refractivity contribution in [3.05, 3.63) is 30.1 Å². The van der Waals surface area contributed by atoms with Gasteiger partial charge in [-0.15, -0.1) is 0 Å². The van der Waals surface area contributed by atoms with Crippen LogP contribution in [0, 0.1) is 0 Å². The molecule has 0 bridgehead atoms. The van der Waals surface area contributed by atoms with Crippen LogP contribution in [0.15, 0.2) is 24.5 Å². The molecule has 1 aromatic carbocycles. The molecule has 0 saturated heterocycles. The topological polar surface area (TPSA) is 78.3 Å². The van der Waals surface area contributed by atoms with Crippen molar-refractivity contribution in [3.63, 3.8) is 0 Å². The van der Waals surface area contributed by atoms with Crippen LogP contribution in [0.25, 0.3) is 10.9 Å². The van der Waals surface area contributed by atoms with Gasteiger partial charge in [0.15, 0.2) is 5.82 Å². The molecule has 2 rings (SSSR count). The lowest BCUT2D eigenvalue weighted by Crippen LogP contribution is -2.20. The third-order valence-electron chi connectivity index (χ3n) is 2.21. The van der Waals surface area contributed by atoms with Gasteiger partial charge in [-0.05, 0) is 18.2 Å². The molecule has 0 aliphatic rings. The summed E-state index contributed by atoms with van der Waals surface area (Å²) in [7, 11) is 3.69. The van der Waals surface area contributed by atoms with Gasteiger partial charge < -0.3 is 10.5 Å². The summed E-state index contributed by atoms with van der Waals surface area (Å²) in [6, 6.07) is 4.76. The van der Waals surface area contributed by atoms with E-state index in [0.717, 1.165) is 5.39 Å². The molecule has 2 aromatic rings. The largest absolute Gasteiger partial charge is 0.478 e. The number of hydrazine groups is 1. The zero-order valence-electron chi connectivity index (χ0n) is 9.51. The first kappa shape index (κ1) is 11.3. The summed E-state index contributed by atoms with van der Waals surface area (Å²) in [4.78, 5) is 19.0. The van der Waals surface area contributed by atoms with Crippen LogP contribution in [0.1, 0.15) is 10.4 Å². The predicted molar refractivity (Wildman–Crippen MR) is 63.8 cm³/mol. The first-order valence-electron chi connectivity index (χ1n) is 5.00. The summed E-state index contributed by atoms with van der Waals surface area (Å²) in [5.41, 5.74) is 3.85. The van der Waals surface area contributed by atoms with E-state index in [0.29, 0.717) is 11.3 Å². The van der Waals surface area contributed by atoms with Gasteiger partial charge in [0.2, 0.25) is 0 Å². The lowest BCUT2D eigenvalue weighted by molar-refractivity contribution is 0.0697. The molecule has 6 nitrogen and oxygen atoms in total. The molecule has 2 N–H and O–H groups in total. The Morgan fingerprint density at radius 2 is 2.12 bits per heavy atom. The maximum atomic E-state index is 10.8. The number of nitrogens with one attached hydrogen (secondary N) is 1. The van der Waals surface area contributed by atoms with Crippen LogP contribution in [-0.4, -0.2) is 40.1 Å². The number of carbonyl (C=O) groups is 1. The molecule has 0 spiro atoms. The van der Waals surface area contributed by atoms with Gasteiger partial charge in [-0.2, -0.15) is 0 Å². The summed E-state index contributed by atoms with van der Waals surface area (Å²) in [6.45, 7) is 0. The van der Waals surface area contributed by atoms with E-state index in [-0.39, 0.29) is 5.56 Å². The molecule has 0 unspecified atom stereocenters. The minimum Gasteiger partial charge on any atom is -0.478 e. The Morgan fingerprint density at radius 3 is 2.76 bits per heavy atom. The van der Waals surface area contributed by atoms with Crippen LogP contribution in [0.5, 0.6) is 0 Å². The van der Waals surface area contributed by atoms with Crippen molar-refractivity contribution in [2.24, 2.45) is 0 Å². The Morgan fingerprint density at radius 1 is 1.35 bits per heavy atom. The number of anilines is 1. The second-order valence-corrected chi connectivity index (χ2v) is 3.77. The molecule has 17 heavy (non-hydrogen) atoms. The minimum atomic E-state index is -0.965. The highest BCUT2D eigenvalue weighted by Crippen LogP contribution is 2.20. The Kier molecular flexibility index (Phi) is 2.88. The third-order valence-corrected chi connectivity index (χ3v) is 2.21. The number of rotatable bonds is 3. The monoisotopic (exact) mass is 232 g/mol. The first-order chi connectivity index (χ1) is 8.08. The summed E-state index contributed by atoms with van der Waals surface area (Å²) < 4.78 is 0. The normalized spacial score (nSPS) is 10.8. The smallest absolute Gasteiger partial charge is 0.335 e. The van der Waals surface area contributed by atoms with E-state index in [9.17, 15) is 4.79 Å². The van der Waals surface area contributed by atoms with Gasteiger partial charge in [0.1, 0.15) is 6.33 Å². The Bertz CT molecular complexity index is 568. The summed E-state index contributed by atoms with van der Waals surface area (Å²) >= 11 is 0. The molecule has 0 aliphatic carbocycles. The average molecular weight is 232 g/mol. The summed E-state index contributed by atoms with van der Waals surface area (Å²) in [6.07, 6.45) is 1.40. The van der Waals surface area contributed by atoms with Gasteiger partial charge >= 0.3 is 5.97 Å². The zero-order chi connectivity index (χ0) is 12.4. The Hall–Kier alpha value is -2.21. The van der Waals surface area contributed by atoms with Crippen molar-refractivity contribution in [3.8, 4) is 0 Å². The van der Waals surface area contributed by atoms with Gasteiger partial charge in [0, 0.05) is 19.5 Å². The van der Waals surface area contributed by atoms with E-state index in [1.807, 2.05) is 14.1 Å². The minimum absolute atomic E-state index is 0.215. The second-order valence-electron chi connectivity index (χ2n) is 3.77. The zero-order valence-corrected chi connectivity index (χ0v) is 9.51. The third kappa shape index (κ3) is 2.31. The first-order valence-corrected chi connectivity index (χ1v) is 5.00. The molecule has 0 saturated carbocycles. The van der Waals surface area contributed by atoms with Crippen LogP contribution in [0.2, 0.25) is 0 Å². The van der Waals surface area contributed by atoms with Crippen molar-refractivity contribution in [2.75, 3.05) is 19.5 Å². The highest BCUT2D eigenvalue weighted by molar-refractivity contribution is 5.96. The number of nitrogens with zero attached hydrogens (tertiary/aromatic N) is 3. The van der Waals surface area contributed by atoms with E-state index in [2.05, 4.69) is 15.4 Å². The van der Waals surface area contributed by atoms with Crippen LogP contribution in [0.4, 0.5) is 5.82 Å². The number of aromatic nitrogens is 2. The molecule has 1 aromatic heterocycles. The van der Waals surface area contributed by atoms with Gasteiger partial charge in [0.25, 0.3) is 0 Å². The number of hydrogen-bond donors (Lipinski definition) is 2. The molecule has 0 atom stereocenters. The molecular formula is C11H12N4O2. The SMILES string of the molecule is CN(C)Nc1ncnc2cc(C(=O)O)ccc12. The lowest BCUT2D eigenvalue weighted by Gasteiger charge is -2.13. The van der Waals surface area contributed by atoms with E-state index in [1.165, 1.54) is 18.5 Å². The average Bonchev–Trinajstić information content (AvgIpc) is 2.28. The molecule has 88 valence electrons. The maximum Gasteiger partial charge on any atom is 0.335 e. The Labute approximate surface area is 97.9 Å². The maximum absolute atomic E-state index is 10.8. The summed E-state index contributed by atoms with van der Waals surface area (Å²) in [5.74, 6) is -0.315. The van der Waals surface area contributed by atoms with Gasteiger partial charge in [-0.1, -0.05) is 0 Å². The van der Waals surface area contributed by atoms with E-state index >= 15 is 0 Å². The molecule has 1 heterocycles. The van der Waals surface area contributed by atoms with Crippen LogP contribution in [-0.2, 0) is 0 Å². The van der Waals surface area contributed by atoms with Gasteiger partial charge in [-0.3, -0.25) is 0 Å². The fraction of sp³-hybridized carbons (Fsp3) is 0.182. The van der Waals surface area contributed by atoms with Gasteiger partial charge in [-0.25, -0.2) is 19.8 Å². The Balaban J connectivity index is 2.54. The fourth-order valence-corrected chi connectivity index (χ4v) is 1.49.